The molecule has 0 unspecified atom stereocenters. The predicted octanol–water partition coefficient (Wildman–Crippen LogP) is 3.40. The summed E-state index contributed by atoms with van der Waals surface area (Å²) >= 11 is 0. The lowest BCUT2D eigenvalue weighted by atomic mass is 10.2. The molecule has 0 aromatic rings. The van der Waals surface area contributed by atoms with Gasteiger partial charge in [-0.15, -0.1) is 0 Å². The van der Waals surface area contributed by atoms with E-state index in [2.05, 4.69) is 27.0 Å². The standard InChI is InChI=1S/C18H32N2O2/c1-7-9-11-19(17(21)15(3)4)13-14-20(12-10-8-2)18(22)16(5)6/h3,5,7-14H2,1-2,4,6H3. The lowest BCUT2D eigenvalue weighted by Gasteiger charge is -2.28. The van der Waals surface area contributed by atoms with E-state index < -0.39 is 0 Å². The van der Waals surface area contributed by atoms with Crippen molar-refractivity contribution in [2.75, 3.05) is 26.2 Å². The first-order valence-electron chi connectivity index (χ1n) is 8.24. The number of unbranched alkanes of at least 4 members (excludes halogenated alkanes) is 2. The van der Waals surface area contributed by atoms with Crippen molar-refractivity contribution < 1.29 is 9.59 Å². The average molecular weight is 308 g/mol. The van der Waals surface area contributed by atoms with Gasteiger partial charge in [0.15, 0.2) is 0 Å². The van der Waals surface area contributed by atoms with Crippen molar-refractivity contribution in [1.82, 2.24) is 9.80 Å². The second-order valence-electron chi connectivity index (χ2n) is 5.85. The van der Waals surface area contributed by atoms with Crippen LogP contribution in [0.4, 0.5) is 0 Å². The molecule has 2 amide bonds. The quantitative estimate of drug-likeness (QED) is 0.549. The predicted molar refractivity (Wildman–Crippen MR) is 92.6 cm³/mol. The normalized spacial score (nSPS) is 10.2. The van der Waals surface area contributed by atoms with Crippen LogP contribution in [0.15, 0.2) is 24.3 Å². The second-order valence-corrected chi connectivity index (χ2v) is 5.85. The van der Waals surface area contributed by atoms with E-state index in [0.717, 1.165) is 25.7 Å². The summed E-state index contributed by atoms with van der Waals surface area (Å²) in [5.41, 5.74) is 1.09. The fourth-order valence-electron chi connectivity index (χ4n) is 2.11. The third-order valence-corrected chi connectivity index (χ3v) is 3.51. The molecule has 126 valence electrons. The molecule has 4 nitrogen and oxygen atoms in total. The Balaban J connectivity index is 4.78. The summed E-state index contributed by atoms with van der Waals surface area (Å²) in [5.74, 6) is -0.0432. The van der Waals surface area contributed by atoms with Crippen LogP contribution in [0.5, 0.6) is 0 Å². The number of rotatable bonds is 11. The van der Waals surface area contributed by atoms with Gasteiger partial charge in [0.25, 0.3) is 0 Å². The molecule has 0 saturated carbocycles. The van der Waals surface area contributed by atoms with Gasteiger partial charge in [-0.1, -0.05) is 39.8 Å². The van der Waals surface area contributed by atoms with E-state index in [-0.39, 0.29) is 11.8 Å². The summed E-state index contributed by atoms with van der Waals surface area (Å²) in [7, 11) is 0. The molecule has 4 heteroatoms. The minimum absolute atomic E-state index is 0.0216. The minimum atomic E-state index is -0.0216. The molecule has 0 aliphatic rings. The molecule has 0 bridgehead atoms. The zero-order valence-corrected chi connectivity index (χ0v) is 14.8. The highest BCUT2D eigenvalue weighted by atomic mass is 16.2. The van der Waals surface area contributed by atoms with Gasteiger partial charge in [-0.25, -0.2) is 0 Å². The Kier molecular flexibility index (Phi) is 10.3. The lowest BCUT2D eigenvalue weighted by Crippen LogP contribution is -2.42. The summed E-state index contributed by atoms with van der Waals surface area (Å²) in [6, 6.07) is 0. The SMILES string of the molecule is C=C(C)C(=O)N(CCCC)CCN(CCCC)C(=O)C(=C)C. The molecule has 0 heterocycles. The van der Waals surface area contributed by atoms with Crippen LogP contribution in [0.3, 0.4) is 0 Å². The molecular weight excluding hydrogens is 276 g/mol. The molecule has 0 saturated heterocycles. The van der Waals surface area contributed by atoms with Crippen molar-refractivity contribution in [1.29, 1.82) is 0 Å². The molecule has 0 spiro atoms. The topological polar surface area (TPSA) is 40.6 Å². The highest BCUT2D eigenvalue weighted by molar-refractivity contribution is 5.93. The Labute approximate surface area is 135 Å². The Morgan fingerprint density at radius 3 is 1.27 bits per heavy atom. The van der Waals surface area contributed by atoms with Gasteiger partial charge in [0.1, 0.15) is 0 Å². The maximum absolute atomic E-state index is 12.2. The van der Waals surface area contributed by atoms with Crippen molar-refractivity contribution in [3.05, 3.63) is 24.3 Å². The van der Waals surface area contributed by atoms with Crippen LogP contribution in [0.1, 0.15) is 53.4 Å². The van der Waals surface area contributed by atoms with Gasteiger partial charge in [-0.3, -0.25) is 9.59 Å². The second kappa shape index (κ2) is 11.0. The van der Waals surface area contributed by atoms with Crippen molar-refractivity contribution in [3.8, 4) is 0 Å². The Morgan fingerprint density at radius 2 is 1.05 bits per heavy atom. The van der Waals surface area contributed by atoms with Gasteiger partial charge < -0.3 is 9.80 Å². The maximum Gasteiger partial charge on any atom is 0.248 e. The van der Waals surface area contributed by atoms with E-state index in [1.54, 1.807) is 23.6 Å². The van der Waals surface area contributed by atoms with Crippen LogP contribution in [-0.2, 0) is 9.59 Å². The third kappa shape index (κ3) is 7.43. The third-order valence-electron chi connectivity index (χ3n) is 3.51. The molecule has 0 aromatic heterocycles. The number of amides is 2. The number of nitrogens with zero attached hydrogens (tertiary/aromatic N) is 2. The summed E-state index contributed by atoms with van der Waals surface area (Å²) in [6.45, 7) is 17.7. The van der Waals surface area contributed by atoms with Crippen LogP contribution in [0.25, 0.3) is 0 Å². The molecule has 0 atom stereocenters. The Hall–Kier alpha value is -1.58. The smallest absolute Gasteiger partial charge is 0.248 e. The molecule has 0 fully saturated rings. The van der Waals surface area contributed by atoms with E-state index in [0.29, 0.717) is 37.3 Å². The van der Waals surface area contributed by atoms with E-state index in [1.165, 1.54) is 0 Å². The molecule has 0 aliphatic carbocycles. The van der Waals surface area contributed by atoms with Gasteiger partial charge >= 0.3 is 0 Å². The first kappa shape index (κ1) is 20.4. The van der Waals surface area contributed by atoms with Gasteiger partial charge in [0.05, 0.1) is 0 Å². The van der Waals surface area contributed by atoms with E-state index >= 15 is 0 Å². The zero-order chi connectivity index (χ0) is 17.1. The Bertz CT molecular complexity index is 364. The molecule has 0 rings (SSSR count). The zero-order valence-electron chi connectivity index (χ0n) is 14.8. The Morgan fingerprint density at radius 1 is 0.727 bits per heavy atom. The number of carbonyl (C=O) groups is 2. The highest BCUT2D eigenvalue weighted by Crippen LogP contribution is 2.06. The van der Waals surface area contributed by atoms with Crippen molar-refractivity contribution in [3.63, 3.8) is 0 Å². The number of hydrogen-bond donors (Lipinski definition) is 0. The van der Waals surface area contributed by atoms with Crippen molar-refractivity contribution in [2.45, 2.75) is 53.4 Å². The van der Waals surface area contributed by atoms with Crippen LogP contribution in [0, 0.1) is 0 Å². The van der Waals surface area contributed by atoms with Gasteiger partial charge in [0, 0.05) is 37.3 Å². The number of hydrogen-bond acceptors (Lipinski definition) is 2. The average Bonchev–Trinajstić information content (AvgIpc) is 2.48. The molecule has 0 aromatic carbocycles. The monoisotopic (exact) mass is 308 g/mol. The van der Waals surface area contributed by atoms with Crippen molar-refractivity contribution >= 4 is 11.8 Å². The summed E-state index contributed by atoms with van der Waals surface area (Å²) in [5, 5.41) is 0. The van der Waals surface area contributed by atoms with Crippen LogP contribution >= 0.6 is 0 Å². The maximum atomic E-state index is 12.2. The summed E-state index contributed by atoms with van der Waals surface area (Å²) < 4.78 is 0. The molecule has 0 N–H and O–H groups in total. The van der Waals surface area contributed by atoms with Crippen LogP contribution in [-0.4, -0.2) is 47.8 Å². The van der Waals surface area contributed by atoms with E-state index in [9.17, 15) is 9.59 Å². The van der Waals surface area contributed by atoms with Gasteiger partial charge in [-0.05, 0) is 26.7 Å². The molecule has 0 aliphatic heterocycles. The first-order valence-corrected chi connectivity index (χ1v) is 8.24. The van der Waals surface area contributed by atoms with Crippen molar-refractivity contribution in [2.24, 2.45) is 0 Å². The fraction of sp³-hybridized carbons (Fsp3) is 0.667. The lowest BCUT2D eigenvalue weighted by molar-refractivity contribution is -0.131. The van der Waals surface area contributed by atoms with Gasteiger partial charge in [-0.2, -0.15) is 0 Å². The summed E-state index contributed by atoms with van der Waals surface area (Å²) in [4.78, 5) is 28.0. The first-order chi connectivity index (χ1) is 10.3. The van der Waals surface area contributed by atoms with Gasteiger partial charge in [0.2, 0.25) is 11.8 Å². The minimum Gasteiger partial charge on any atom is -0.337 e. The molecule has 0 radical (unpaired) electrons. The number of carbonyl (C=O) groups excluding carboxylic acids is 2. The largest absolute Gasteiger partial charge is 0.337 e. The fourth-order valence-corrected chi connectivity index (χ4v) is 2.11. The molecule has 22 heavy (non-hydrogen) atoms. The van der Waals surface area contributed by atoms with E-state index in [1.807, 2.05) is 0 Å². The van der Waals surface area contributed by atoms with Crippen LogP contribution in [0.2, 0.25) is 0 Å². The van der Waals surface area contributed by atoms with E-state index in [4.69, 9.17) is 0 Å². The summed E-state index contributed by atoms with van der Waals surface area (Å²) in [6.07, 6.45) is 3.99. The van der Waals surface area contributed by atoms with Crippen LogP contribution < -0.4 is 0 Å². The molecular formula is C18H32N2O2. The highest BCUT2D eigenvalue weighted by Gasteiger charge is 2.18.